The first kappa shape index (κ1) is 26.3. The summed E-state index contributed by atoms with van der Waals surface area (Å²) in [5.74, 6) is 0.550. The molecule has 0 bridgehead atoms. The normalized spacial score (nSPS) is 20.7. The van der Waals surface area contributed by atoms with Gasteiger partial charge in [-0.2, -0.15) is 0 Å². The molecule has 1 aromatic heterocycles. The van der Waals surface area contributed by atoms with Crippen molar-refractivity contribution in [2.75, 3.05) is 19.7 Å². The van der Waals surface area contributed by atoms with Gasteiger partial charge in [0.1, 0.15) is 11.9 Å². The number of rotatable bonds is 10. The third kappa shape index (κ3) is 6.52. The quantitative estimate of drug-likeness (QED) is 0.463. The van der Waals surface area contributed by atoms with E-state index in [4.69, 9.17) is 15.5 Å². The Morgan fingerprint density at radius 3 is 2.75 bits per heavy atom. The first-order valence-corrected chi connectivity index (χ1v) is 13.0. The maximum Gasteiger partial charge on any atom is 0.240 e. The number of likely N-dealkylation sites (tertiary alicyclic amines) is 1. The maximum atomic E-state index is 12.8. The Kier molecular flexibility index (Phi) is 8.43. The highest BCUT2D eigenvalue weighted by atomic mass is 16.5. The lowest BCUT2D eigenvalue weighted by Gasteiger charge is -2.31. The Balaban J connectivity index is 1.49. The van der Waals surface area contributed by atoms with Crippen LogP contribution in [0.25, 0.3) is 0 Å². The lowest BCUT2D eigenvalue weighted by atomic mass is 9.98. The van der Waals surface area contributed by atoms with Crippen molar-refractivity contribution in [3.63, 3.8) is 0 Å². The van der Waals surface area contributed by atoms with Crippen LogP contribution in [0.5, 0.6) is 0 Å². The van der Waals surface area contributed by atoms with Gasteiger partial charge >= 0.3 is 0 Å². The summed E-state index contributed by atoms with van der Waals surface area (Å²) < 4.78 is 8.23. The summed E-state index contributed by atoms with van der Waals surface area (Å²) in [5.41, 5.74) is 7.20. The van der Waals surface area contributed by atoms with Gasteiger partial charge in [-0.05, 0) is 51.5 Å². The van der Waals surface area contributed by atoms with Gasteiger partial charge in [0.2, 0.25) is 11.8 Å². The number of nitrogens with zero attached hydrogens (tertiary/aromatic N) is 3. The molecule has 2 aromatic rings. The fourth-order valence-corrected chi connectivity index (χ4v) is 5.01. The molecule has 196 valence electrons. The van der Waals surface area contributed by atoms with Gasteiger partial charge in [-0.1, -0.05) is 30.3 Å². The fraction of sp³-hybridized carbons (Fsp3) is 0.593. The molecular formula is C27H39N5O4. The number of β-amino-alcohol motifs (C(OH)–C–C–N with tert-alkyl or cyclic N) is 1. The Labute approximate surface area is 213 Å². The Bertz CT molecular complexity index is 1030. The third-order valence-electron chi connectivity index (χ3n) is 7.04. The summed E-state index contributed by atoms with van der Waals surface area (Å²) in [5, 5.41) is 12.8. The number of amides is 2. The van der Waals surface area contributed by atoms with E-state index < -0.39 is 17.7 Å². The first-order chi connectivity index (χ1) is 17.2. The number of aliphatic hydroxyl groups excluding tert-OH is 1. The molecule has 0 radical (unpaired) electrons. The monoisotopic (exact) mass is 497 g/mol. The number of carbonyl (C=O) groups is 2. The Hall–Kier alpha value is -2.75. The fourth-order valence-electron chi connectivity index (χ4n) is 5.01. The van der Waals surface area contributed by atoms with Gasteiger partial charge in [0.15, 0.2) is 0 Å². The molecule has 3 heterocycles. The smallest absolute Gasteiger partial charge is 0.240 e. The molecular weight excluding hydrogens is 458 g/mol. The van der Waals surface area contributed by atoms with Gasteiger partial charge in [-0.3, -0.25) is 9.59 Å². The summed E-state index contributed by atoms with van der Waals surface area (Å²) in [7, 11) is 0. The van der Waals surface area contributed by atoms with Crippen molar-refractivity contribution in [1.82, 2.24) is 19.8 Å². The predicted octanol–water partition coefficient (Wildman–Crippen LogP) is 2.25. The van der Waals surface area contributed by atoms with Crippen LogP contribution in [0.1, 0.15) is 75.1 Å². The number of imidazole rings is 1. The predicted molar refractivity (Wildman–Crippen MR) is 136 cm³/mol. The van der Waals surface area contributed by atoms with E-state index in [1.165, 1.54) is 0 Å². The van der Waals surface area contributed by atoms with Crippen molar-refractivity contribution in [3.05, 3.63) is 53.6 Å². The number of carbonyl (C=O) groups excluding carboxylic acids is 2. The number of aryl methyl sites for hydroxylation is 1. The molecule has 36 heavy (non-hydrogen) atoms. The highest BCUT2D eigenvalue weighted by Gasteiger charge is 2.32. The Morgan fingerprint density at radius 1 is 1.28 bits per heavy atom. The number of fused-ring (bicyclic) bond motifs is 1. The van der Waals surface area contributed by atoms with Crippen molar-refractivity contribution in [2.45, 2.75) is 82.7 Å². The lowest BCUT2D eigenvalue weighted by Crippen LogP contribution is -2.51. The molecule has 4 rings (SSSR count). The van der Waals surface area contributed by atoms with Crippen LogP contribution in [-0.2, 0) is 27.4 Å². The van der Waals surface area contributed by atoms with Crippen molar-refractivity contribution < 1.29 is 19.4 Å². The lowest BCUT2D eigenvalue weighted by molar-refractivity contribution is -0.130. The summed E-state index contributed by atoms with van der Waals surface area (Å²) in [6.45, 7) is 5.07. The molecule has 9 nitrogen and oxygen atoms in total. The molecule has 1 aromatic carbocycles. The SMILES string of the molecule is CC(C)(N)C(=O)N[C@H](COCc1ccccc1)c1ncc2n1C(CCC(=O)N1CC[C@@H](O)C1)CCC2. The zero-order valence-electron chi connectivity index (χ0n) is 21.4. The molecule has 2 amide bonds. The van der Waals surface area contributed by atoms with Crippen LogP contribution in [0, 0.1) is 0 Å². The van der Waals surface area contributed by atoms with Crippen molar-refractivity contribution in [1.29, 1.82) is 0 Å². The van der Waals surface area contributed by atoms with Crippen molar-refractivity contribution in [2.24, 2.45) is 5.73 Å². The van der Waals surface area contributed by atoms with E-state index in [0.29, 0.717) is 39.0 Å². The highest BCUT2D eigenvalue weighted by molar-refractivity contribution is 5.85. The second-order valence-corrected chi connectivity index (χ2v) is 10.6. The number of hydrogen-bond donors (Lipinski definition) is 3. The van der Waals surface area contributed by atoms with Gasteiger partial charge in [-0.15, -0.1) is 0 Å². The number of hydrogen-bond acceptors (Lipinski definition) is 6. The topological polar surface area (TPSA) is 123 Å². The van der Waals surface area contributed by atoms with Crippen molar-refractivity contribution in [3.8, 4) is 0 Å². The third-order valence-corrected chi connectivity index (χ3v) is 7.04. The standard InChI is InChI=1S/C27H39N5O4/c1-27(2,28)26(35)30-23(18-36-17-19-7-4-3-5-8-19)25-29-15-21-10-6-9-20(32(21)25)11-12-24(34)31-14-13-22(33)16-31/h3-5,7-8,15,20,22-23,33H,6,9-14,16-18,28H2,1-2H3,(H,30,35)/t20?,22-,23-/m1/s1. The molecule has 9 heteroatoms. The summed E-state index contributed by atoms with van der Waals surface area (Å²) in [4.78, 5) is 32.1. The van der Waals surface area contributed by atoms with Crippen LogP contribution in [0.3, 0.4) is 0 Å². The molecule has 4 N–H and O–H groups in total. The molecule has 0 saturated carbocycles. The van der Waals surface area contributed by atoms with Crippen LogP contribution in [0.4, 0.5) is 0 Å². The van der Waals surface area contributed by atoms with Crippen LogP contribution in [0.15, 0.2) is 36.5 Å². The molecule has 2 aliphatic heterocycles. The Morgan fingerprint density at radius 2 is 2.06 bits per heavy atom. The van der Waals surface area contributed by atoms with Crippen LogP contribution in [0.2, 0.25) is 0 Å². The van der Waals surface area contributed by atoms with Crippen LogP contribution < -0.4 is 11.1 Å². The molecule has 1 saturated heterocycles. The summed E-state index contributed by atoms with van der Waals surface area (Å²) in [6, 6.07) is 9.54. The molecule has 0 aliphatic carbocycles. The minimum Gasteiger partial charge on any atom is -0.391 e. The number of nitrogens with two attached hydrogens (primary N) is 1. The van der Waals surface area contributed by atoms with Crippen molar-refractivity contribution >= 4 is 11.8 Å². The largest absolute Gasteiger partial charge is 0.391 e. The second-order valence-electron chi connectivity index (χ2n) is 10.6. The number of aromatic nitrogens is 2. The molecule has 3 atom stereocenters. The van der Waals surface area contributed by atoms with E-state index >= 15 is 0 Å². The van der Waals surface area contributed by atoms with E-state index in [1.54, 1.807) is 18.7 Å². The molecule has 1 fully saturated rings. The average Bonchev–Trinajstić information content (AvgIpc) is 3.48. The first-order valence-electron chi connectivity index (χ1n) is 13.0. The second kappa shape index (κ2) is 11.5. The van der Waals surface area contributed by atoms with E-state index in [2.05, 4.69) is 9.88 Å². The van der Waals surface area contributed by atoms with Gasteiger partial charge in [0.05, 0.1) is 24.9 Å². The van der Waals surface area contributed by atoms with E-state index in [9.17, 15) is 14.7 Å². The van der Waals surface area contributed by atoms with E-state index in [1.807, 2.05) is 36.5 Å². The maximum absolute atomic E-state index is 12.8. The van der Waals surface area contributed by atoms with E-state index in [-0.39, 0.29) is 24.5 Å². The van der Waals surface area contributed by atoms with Crippen LogP contribution >= 0.6 is 0 Å². The number of benzene rings is 1. The molecule has 0 spiro atoms. The average molecular weight is 498 g/mol. The number of ether oxygens (including phenoxy) is 1. The van der Waals surface area contributed by atoms with Gasteiger partial charge in [0.25, 0.3) is 0 Å². The summed E-state index contributed by atoms with van der Waals surface area (Å²) in [6.07, 6.45) is 6.11. The zero-order valence-corrected chi connectivity index (χ0v) is 21.4. The van der Waals surface area contributed by atoms with Gasteiger partial charge in [-0.25, -0.2) is 4.98 Å². The van der Waals surface area contributed by atoms with Gasteiger partial charge in [0, 0.05) is 37.4 Å². The zero-order chi connectivity index (χ0) is 25.7. The minimum atomic E-state index is -1.04. The number of aliphatic hydroxyl groups is 1. The highest BCUT2D eigenvalue weighted by Crippen LogP contribution is 2.33. The summed E-state index contributed by atoms with van der Waals surface area (Å²) >= 11 is 0. The van der Waals surface area contributed by atoms with E-state index in [0.717, 1.165) is 36.3 Å². The number of nitrogens with one attached hydrogen (secondary N) is 1. The van der Waals surface area contributed by atoms with Gasteiger partial charge < -0.3 is 30.4 Å². The van der Waals surface area contributed by atoms with Crippen LogP contribution in [-0.4, -0.2) is 62.7 Å². The molecule has 1 unspecified atom stereocenters. The molecule has 2 aliphatic rings. The minimum absolute atomic E-state index is 0.0845.